The fourth-order valence-corrected chi connectivity index (χ4v) is 3.27. The zero-order valence-electron chi connectivity index (χ0n) is 12.4. The molecule has 0 radical (unpaired) electrons. The second-order valence-corrected chi connectivity index (χ2v) is 6.07. The van der Waals surface area contributed by atoms with Crippen molar-refractivity contribution in [1.82, 2.24) is 9.88 Å². The van der Waals surface area contributed by atoms with Crippen LogP contribution in [0.1, 0.15) is 49.7 Å². The number of pyridine rings is 1. The van der Waals surface area contributed by atoms with Crippen molar-refractivity contribution in [3.05, 3.63) is 29.6 Å². The first-order chi connectivity index (χ1) is 9.16. The third-order valence-electron chi connectivity index (χ3n) is 4.58. The van der Waals surface area contributed by atoms with Gasteiger partial charge in [-0.3, -0.25) is 9.88 Å². The highest BCUT2D eigenvalue weighted by Gasteiger charge is 2.33. The minimum Gasteiger partial charge on any atom is -0.329 e. The van der Waals surface area contributed by atoms with Crippen molar-refractivity contribution in [2.24, 2.45) is 5.73 Å². The van der Waals surface area contributed by atoms with Crippen LogP contribution in [0.15, 0.2) is 18.5 Å². The number of hydrogen-bond acceptors (Lipinski definition) is 3. The summed E-state index contributed by atoms with van der Waals surface area (Å²) in [6.45, 7) is 3.81. The minimum atomic E-state index is 0.195. The number of hydrogen-bond donors (Lipinski definition) is 1. The van der Waals surface area contributed by atoms with Crippen molar-refractivity contribution in [3.8, 4) is 0 Å². The lowest BCUT2D eigenvalue weighted by Crippen LogP contribution is -2.51. The number of nitrogens with two attached hydrogens (primary N) is 1. The van der Waals surface area contributed by atoms with Crippen LogP contribution in [0.4, 0.5) is 0 Å². The normalized spacial score (nSPS) is 19.4. The summed E-state index contributed by atoms with van der Waals surface area (Å²) in [6, 6.07) is 2.23. The van der Waals surface area contributed by atoms with E-state index >= 15 is 0 Å². The van der Waals surface area contributed by atoms with Crippen LogP contribution in [-0.4, -0.2) is 29.0 Å². The van der Waals surface area contributed by atoms with Crippen LogP contribution in [0.3, 0.4) is 0 Å². The van der Waals surface area contributed by atoms with Gasteiger partial charge in [-0.2, -0.15) is 0 Å². The third-order valence-corrected chi connectivity index (χ3v) is 4.58. The SMILES string of the molecule is Cc1cncc(CN(C)C2(CN)CCCCCC2)c1. The molecule has 1 aliphatic carbocycles. The summed E-state index contributed by atoms with van der Waals surface area (Å²) in [5.74, 6) is 0. The lowest BCUT2D eigenvalue weighted by molar-refractivity contribution is 0.0996. The van der Waals surface area contributed by atoms with Crippen LogP contribution < -0.4 is 5.73 Å². The van der Waals surface area contributed by atoms with Crippen LogP contribution in [0.2, 0.25) is 0 Å². The molecular weight excluding hydrogens is 234 g/mol. The predicted octanol–water partition coefficient (Wildman–Crippen LogP) is 2.87. The molecule has 0 unspecified atom stereocenters. The number of nitrogens with zero attached hydrogens (tertiary/aromatic N) is 2. The molecule has 0 atom stereocenters. The fraction of sp³-hybridized carbons (Fsp3) is 0.688. The van der Waals surface area contributed by atoms with Crippen molar-refractivity contribution in [2.75, 3.05) is 13.6 Å². The minimum absolute atomic E-state index is 0.195. The highest BCUT2D eigenvalue weighted by molar-refractivity contribution is 5.17. The van der Waals surface area contributed by atoms with E-state index in [1.807, 2.05) is 12.4 Å². The second kappa shape index (κ2) is 6.49. The summed E-state index contributed by atoms with van der Waals surface area (Å²) in [6.07, 6.45) is 11.7. The van der Waals surface area contributed by atoms with Crippen LogP contribution in [0, 0.1) is 6.92 Å². The van der Waals surface area contributed by atoms with E-state index in [4.69, 9.17) is 5.73 Å². The Bertz CT molecular complexity index is 395. The summed E-state index contributed by atoms with van der Waals surface area (Å²) in [4.78, 5) is 6.76. The standard InChI is InChI=1S/C16H27N3/c1-14-9-15(11-18-10-14)12-19(2)16(13-17)7-5-3-4-6-8-16/h9-11H,3-8,12-13,17H2,1-2H3. The Kier molecular flexibility index (Phi) is 4.94. The Morgan fingerprint density at radius 1 is 1.21 bits per heavy atom. The molecule has 1 aromatic rings. The molecule has 0 amide bonds. The van der Waals surface area contributed by atoms with Crippen LogP contribution in [0.25, 0.3) is 0 Å². The van der Waals surface area contributed by atoms with Gasteiger partial charge in [0.15, 0.2) is 0 Å². The lowest BCUT2D eigenvalue weighted by atomic mass is 9.88. The van der Waals surface area contributed by atoms with E-state index in [0.717, 1.165) is 13.1 Å². The van der Waals surface area contributed by atoms with Gasteiger partial charge in [0.25, 0.3) is 0 Å². The molecule has 1 saturated carbocycles. The van der Waals surface area contributed by atoms with Crippen molar-refractivity contribution in [2.45, 2.75) is 57.5 Å². The van der Waals surface area contributed by atoms with E-state index in [1.54, 1.807) is 0 Å². The van der Waals surface area contributed by atoms with Crippen molar-refractivity contribution in [1.29, 1.82) is 0 Å². The lowest BCUT2D eigenvalue weighted by Gasteiger charge is -2.41. The number of likely N-dealkylation sites (N-methyl/N-ethyl adjacent to an activating group) is 1. The molecule has 1 heterocycles. The number of rotatable bonds is 4. The Morgan fingerprint density at radius 3 is 2.47 bits per heavy atom. The Hall–Kier alpha value is -0.930. The third kappa shape index (κ3) is 3.54. The van der Waals surface area contributed by atoms with Gasteiger partial charge in [-0.25, -0.2) is 0 Å². The molecule has 3 nitrogen and oxygen atoms in total. The summed E-state index contributed by atoms with van der Waals surface area (Å²) in [5.41, 5.74) is 8.85. The van der Waals surface area contributed by atoms with E-state index in [9.17, 15) is 0 Å². The van der Waals surface area contributed by atoms with Gasteiger partial charge in [0, 0.05) is 31.0 Å². The second-order valence-electron chi connectivity index (χ2n) is 6.07. The molecular formula is C16H27N3. The fourth-order valence-electron chi connectivity index (χ4n) is 3.27. The first kappa shape index (κ1) is 14.5. The van der Waals surface area contributed by atoms with E-state index in [1.165, 1.54) is 49.7 Å². The average Bonchev–Trinajstić information content (AvgIpc) is 2.65. The molecule has 0 aliphatic heterocycles. The van der Waals surface area contributed by atoms with Gasteiger partial charge in [0.2, 0.25) is 0 Å². The maximum Gasteiger partial charge on any atom is 0.0332 e. The zero-order valence-corrected chi connectivity index (χ0v) is 12.4. The predicted molar refractivity (Wildman–Crippen MR) is 79.9 cm³/mol. The first-order valence-corrected chi connectivity index (χ1v) is 7.48. The van der Waals surface area contributed by atoms with Gasteiger partial charge in [-0.15, -0.1) is 0 Å². The largest absolute Gasteiger partial charge is 0.329 e. The molecule has 0 spiro atoms. The molecule has 1 fully saturated rings. The molecule has 1 aliphatic rings. The van der Waals surface area contributed by atoms with Crippen molar-refractivity contribution >= 4 is 0 Å². The average molecular weight is 261 g/mol. The summed E-state index contributed by atoms with van der Waals surface area (Å²) in [7, 11) is 2.22. The first-order valence-electron chi connectivity index (χ1n) is 7.48. The van der Waals surface area contributed by atoms with E-state index in [2.05, 4.69) is 29.9 Å². The summed E-state index contributed by atoms with van der Waals surface area (Å²) >= 11 is 0. The quantitative estimate of drug-likeness (QED) is 0.847. The van der Waals surface area contributed by atoms with Crippen LogP contribution >= 0.6 is 0 Å². The highest BCUT2D eigenvalue weighted by atomic mass is 15.2. The maximum atomic E-state index is 6.13. The number of aromatic nitrogens is 1. The molecule has 3 heteroatoms. The molecule has 106 valence electrons. The molecule has 2 N–H and O–H groups in total. The summed E-state index contributed by atoms with van der Waals surface area (Å²) in [5, 5.41) is 0. The van der Waals surface area contributed by atoms with Gasteiger partial charge in [-0.05, 0) is 37.9 Å². The zero-order chi connectivity index (χ0) is 13.7. The monoisotopic (exact) mass is 261 g/mol. The Labute approximate surface area is 117 Å². The van der Waals surface area contributed by atoms with Gasteiger partial charge in [-0.1, -0.05) is 31.7 Å². The maximum absolute atomic E-state index is 6.13. The molecule has 0 bridgehead atoms. The van der Waals surface area contributed by atoms with E-state index in [-0.39, 0.29) is 5.54 Å². The van der Waals surface area contributed by atoms with Gasteiger partial charge in [0.1, 0.15) is 0 Å². The topological polar surface area (TPSA) is 42.2 Å². The Morgan fingerprint density at radius 2 is 1.89 bits per heavy atom. The van der Waals surface area contributed by atoms with Gasteiger partial charge < -0.3 is 5.73 Å². The van der Waals surface area contributed by atoms with Crippen LogP contribution in [-0.2, 0) is 6.54 Å². The van der Waals surface area contributed by atoms with Crippen molar-refractivity contribution in [3.63, 3.8) is 0 Å². The van der Waals surface area contributed by atoms with Crippen LogP contribution in [0.5, 0.6) is 0 Å². The Balaban J connectivity index is 2.09. The summed E-state index contributed by atoms with van der Waals surface area (Å²) < 4.78 is 0. The van der Waals surface area contributed by atoms with Crippen molar-refractivity contribution < 1.29 is 0 Å². The van der Waals surface area contributed by atoms with E-state index < -0.39 is 0 Å². The number of aryl methyl sites for hydroxylation is 1. The molecule has 2 rings (SSSR count). The molecule has 0 aromatic carbocycles. The molecule has 0 saturated heterocycles. The van der Waals surface area contributed by atoms with Gasteiger partial charge in [0.05, 0.1) is 0 Å². The van der Waals surface area contributed by atoms with Gasteiger partial charge >= 0.3 is 0 Å². The highest BCUT2D eigenvalue weighted by Crippen LogP contribution is 2.31. The molecule has 1 aromatic heterocycles. The smallest absolute Gasteiger partial charge is 0.0332 e. The van der Waals surface area contributed by atoms with E-state index in [0.29, 0.717) is 0 Å². The molecule has 19 heavy (non-hydrogen) atoms.